The van der Waals surface area contributed by atoms with Gasteiger partial charge >= 0.3 is 5.97 Å². The lowest BCUT2D eigenvalue weighted by atomic mass is 10.0. The van der Waals surface area contributed by atoms with Crippen LogP contribution in [0.3, 0.4) is 0 Å². The van der Waals surface area contributed by atoms with Crippen molar-refractivity contribution in [3.05, 3.63) is 94.1 Å². The Hall–Kier alpha value is -3.97. The van der Waals surface area contributed by atoms with E-state index in [2.05, 4.69) is 16.0 Å². The Kier molecular flexibility index (Phi) is 5.40. The SMILES string of the molecule is Cc1ccc(Oc2nc3cc(C4=COC=C(C5=CC=CCC5)O4)c(Cl)cc3[nH]2)cc1C(=O)O. The molecule has 0 saturated heterocycles. The van der Waals surface area contributed by atoms with Crippen LogP contribution < -0.4 is 4.74 Å². The summed E-state index contributed by atoms with van der Waals surface area (Å²) in [6, 6.07) is 8.57. The Labute approximate surface area is 194 Å². The second kappa shape index (κ2) is 8.52. The van der Waals surface area contributed by atoms with Crippen LogP contribution in [-0.4, -0.2) is 21.0 Å². The van der Waals surface area contributed by atoms with Gasteiger partial charge < -0.3 is 24.3 Å². The molecule has 1 aliphatic heterocycles. The van der Waals surface area contributed by atoms with Crippen molar-refractivity contribution in [2.24, 2.45) is 0 Å². The van der Waals surface area contributed by atoms with E-state index >= 15 is 0 Å². The van der Waals surface area contributed by atoms with Gasteiger partial charge in [-0.2, -0.15) is 4.98 Å². The fourth-order valence-electron chi connectivity index (χ4n) is 3.64. The lowest BCUT2D eigenvalue weighted by Gasteiger charge is -2.20. The standard InChI is InChI=1S/C25H19ClN2O5/c1-14-7-8-16(9-17(14)24(29)30)32-25-27-20-10-18(19(26)11-21(20)28-25)23-13-31-12-22(33-23)15-5-3-2-4-6-15/h2-3,5,7-13H,4,6H2,1H3,(H,27,28)(H,29,30). The maximum absolute atomic E-state index is 11.4. The van der Waals surface area contributed by atoms with Gasteiger partial charge in [-0.25, -0.2) is 4.79 Å². The van der Waals surface area contributed by atoms with E-state index in [1.807, 2.05) is 12.2 Å². The van der Waals surface area contributed by atoms with E-state index in [1.165, 1.54) is 12.3 Å². The Balaban J connectivity index is 1.41. The number of imidazole rings is 1. The van der Waals surface area contributed by atoms with Gasteiger partial charge in [0.1, 0.15) is 18.3 Å². The molecule has 0 spiro atoms. The highest BCUT2D eigenvalue weighted by molar-refractivity contribution is 6.33. The van der Waals surface area contributed by atoms with Crippen molar-refractivity contribution in [2.45, 2.75) is 19.8 Å². The fraction of sp³-hybridized carbons (Fsp3) is 0.120. The summed E-state index contributed by atoms with van der Waals surface area (Å²) in [5, 5.41) is 9.78. The zero-order valence-corrected chi connectivity index (χ0v) is 18.3. The molecule has 0 unspecified atom stereocenters. The van der Waals surface area contributed by atoms with Gasteiger partial charge in [0.05, 0.1) is 21.6 Å². The van der Waals surface area contributed by atoms with Gasteiger partial charge in [-0.05, 0) is 55.2 Å². The Bertz CT molecular complexity index is 1400. The minimum Gasteiger partial charge on any atom is -0.478 e. The summed E-state index contributed by atoms with van der Waals surface area (Å²) in [7, 11) is 0. The molecule has 33 heavy (non-hydrogen) atoms. The van der Waals surface area contributed by atoms with E-state index in [4.69, 9.17) is 25.8 Å². The quantitative estimate of drug-likeness (QED) is 0.450. The van der Waals surface area contributed by atoms with E-state index in [-0.39, 0.29) is 11.6 Å². The maximum atomic E-state index is 11.4. The van der Waals surface area contributed by atoms with E-state index in [0.29, 0.717) is 44.5 Å². The van der Waals surface area contributed by atoms with Crippen LogP contribution in [-0.2, 0) is 9.47 Å². The number of nitrogens with zero attached hydrogens (tertiary/aromatic N) is 1. The number of aromatic nitrogens is 2. The highest BCUT2D eigenvalue weighted by Gasteiger charge is 2.20. The van der Waals surface area contributed by atoms with Gasteiger partial charge in [0.15, 0.2) is 11.5 Å². The van der Waals surface area contributed by atoms with Crippen LogP contribution in [0.15, 0.2) is 72.4 Å². The molecule has 3 aromatic rings. The number of aromatic carboxylic acids is 1. The smallest absolute Gasteiger partial charge is 0.336 e. The first kappa shape index (κ1) is 20.9. The molecule has 1 aromatic heterocycles. The number of halogens is 1. The van der Waals surface area contributed by atoms with Crippen LogP contribution >= 0.6 is 11.6 Å². The Morgan fingerprint density at radius 3 is 2.85 bits per heavy atom. The Morgan fingerprint density at radius 1 is 1.21 bits per heavy atom. The molecule has 0 saturated carbocycles. The number of aromatic amines is 1. The van der Waals surface area contributed by atoms with Gasteiger partial charge in [-0.15, -0.1) is 0 Å². The largest absolute Gasteiger partial charge is 0.478 e. The highest BCUT2D eigenvalue weighted by atomic mass is 35.5. The average molecular weight is 463 g/mol. The first-order chi connectivity index (χ1) is 16.0. The number of hydrogen-bond acceptors (Lipinski definition) is 5. The molecule has 7 nitrogen and oxygen atoms in total. The molecule has 0 amide bonds. The summed E-state index contributed by atoms with van der Waals surface area (Å²) in [6.45, 7) is 1.73. The number of benzene rings is 2. The van der Waals surface area contributed by atoms with Crippen molar-refractivity contribution in [1.29, 1.82) is 0 Å². The van der Waals surface area contributed by atoms with E-state index in [0.717, 1.165) is 18.4 Å². The molecule has 8 heteroatoms. The average Bonchev–Trinajstić information content (AvgIpc) is 3.21. The number of hydrogen-bond donors (Lipinski definition) is 2. The molecule has 0 bridgehead atoms. The number of allylic oxidation sites excluding steroid dienone is 4. The molecule has 0 atom stereocenters. The molecule has 2 aromatic carbocycles. The zero-order chi connectivity index (χ0) is 22.9. The monoisotopic (exact) mass is 462 g/mol. The number of ether oxygens (including phenoxy) is 3. The summed E-state index contributed by atoms with van der Waals surface area (Å²) in [6.07, 6.45) is 11.0. The number of fused-ring (bicyclic) bond motifs is 1. The molecular weight excluding hydrogens is 444 g/mol. The number of nitrogens with one attached hydrogen (secondary N) is 1. The Morgan fingerprint density at radius 2 is 2.06 bits per heavy atom. The van der Waals surface area contributed by atoms with Gasteiger partial charge in [-0.1, -0.05) is 35.9 Å². The first-order valence-corrected chi connectivity index (χ1v) is 10.7. The molecule has 166 valence electrons. The van der Waals surface area contributed by atoms with Crippen molar-refractivity contribution < 1.29 is 24.1 Å². The van der Waals surface area contributed by atoms with Crippen molar-refractivity contribution in [2.75, 3.05) is 0 Å². The van der Waals surface area contributed by atoms with Crippen molar-refractivity contribution in [3.8, 4) is 11.8 Å². The van der Waals surface area contributed by atoms with Crippen LogP contribution in [0, 0.1) is 6.92 Å². The predicted octanol–water partition coefficient (Wildman–Crippen LogP) is 6.48. The van der Waals surface area contributed by atoms with E-state index in [9.17, 15) is 9.90 Å². The predicted molar refractivity (Wildman–Crippen MR) is 124 cm³/mol. The third-order valence-corrected chi connectivity index (χ3v) is 5.68. The van der Waals surface area contributed by atoms with E-state index < -0.39 is 5.97 Å². The normalized spacial score (nSPS) is 15.3. The second-order valence-electron chi connectivity index (χ2n) is 7.64. The minimum atomic E-state index is -1.02. The van der Waals surface area contributed by atoms with Gasteiger partial charge in [0, 0.05) is 5.56 Å². The lowest BCUT2D eigenvalue weighted by molar-refractivity contribution is 0.0695. The number of H-pyrrole nitrogens is 1. The van der Waals surface area contributed by atoms with Crippen LogP contribution in [0.2, 0.25) is 5.02 Å². The number of carbonyl (C=O) groups is 1. The summed E-state index contributed by atoms with van der Waals surface area (Å²) >= 11 is 6.54. The van der Waals surface area contributed by atoms with E-state index in [1.54, 1.807) is 37.5 Å². The van der Waals surface area contributed by atoms with Crippen LogP contribution in [0.1, 0.15) is 34.3 Å². The van der Waals surface area contributed by atoms with Gasteiger partial charge in [0.2, 0.25) is 0 Å². The van der Waals surface area contributed by atoms with Crippen molar-refractivity contribution in [3.63, 3.8) is 0 Å². The molecule has 0 radical (unpaired) electrons. The molecule has 2 N–H and O–H groups in total. The number of rotatable bonds is 5. The lowest BCUT2D eigenvalue weighted by Crippen LogP contribution is -2.03. The van der Waals surface area contributed by atoms with Gasteiger partial charge in [0.25, 0.3) is 6.01 Å². The third-order valence-electron chi connectivity index (χ3n) is 5.37. The van der Waals surface area contributed by atoms with Gasteiger partial charge in [-0.3, -0.25) is 0 Å². The summed E-state index contributed by atoms with van der Waals surface area (Å²) < 4.78 is 17.4. The number of aryl methyl sites for hydroxylation is 1. The first-order valence-electron chi connectivity index (χ1n) is 10.3. The van der Waals surface area contributed by atoms with Crippen molar-refractivity contribution in [1.82, 2.24) is 9.97 Å². The highest BCUT2D eigenvalue weighted by Crippen LogP contribution is 2.35. The van der Waals surface area contributed by atoms with Crippen LogP contribution in [0.25, 0.3) is 16.8 Å². The number of carboxylic acid groups (broad SMARTS) is 1. The topological polar surface area (TPSA) is 93.7 Å². The molecule has 1 aliphatic carbocycles. The van der Waals surface area contributed by atoms with Crippen LogP contribution in [0.4, 0.5) is 0 Å². The molecule has 2 heterocycles. The van der Waals surface area contributed by atoms with Crippen LogP contribution in [0.5, 0.6) is 11.8 Å². The fourth-order valence-corrected chi connectivity index (χ4v) is 3.90. The summed E-state index contributed by atoms with van der Waals surface area (Å²) in [4.78, 5) is 18.9. The molecule has 0 fully saturated rings. The third kappa shape index (κ3) is 4.23. The summed E-state index contributed by atoms with van der Waals surface area (Å²) in [5.41, 5.74) is 3.76. The maximum Gasteiger partial charge on any atom is 0.336 e. The minimum absolute atomic E-state index is 0.169. The summed E-state index contributed by atoms with van der Waals surface area (Å²) in [5.74, 6) is 0.465. The zero-order valence-electron chi connectivity index (χ0n) is 17.6. The molecule has 5 rings (SSSR count). The molecular formula is C25H19ClN2O5. The second-order valence-corrected chi connectivity index (χ2v) is 8.04. The molecule has 2 aliphatic rings. The number of carboxylic acids is 1. The van der Waals surface area contributed by atoms with Crippen molar-refractivity contribution >= 4 is 34.4 Å².